The van der Waals surface area contributed by atoms with Crippen LogP contribution in [0.15, 0.2) is 0 Å². The number of rotatable bonds is 2. The van der Waals surface area contributed by atoms with Gasteiger partial charge in [-0.1, -0.05) is 19.3 Å². The smallest absolute Gasteiger partial charge is 0.336 e. The molecule has 1 saturated carbocycles. The third-order valence-corrected chi connectivity index (χ3v) is 3.81. The Bertz CT molecular complexity index is 393. The summed E-state index contributed by atoms with van der Waals surface area (Å²) in [5, 5.41) is 4.09. The number of hydrazine groups is 1. The Morgan fingerprint density at radius 3 is 2.65 bits per heavy atom. The minimum absolute atomic E-state index is 0.0554. The van der Waals surface area contributed by atoms with Gasteiger partial charge in [0.2, 0.25) is 5.91 Å². The molecule has 0 aromatic rings. The summed E-state index contributed by atoms with van der Waals surface area (Å²) in [4.78, 5) is 35.2. The van der Waals surface area contributed by atoms with Crippen LogP contribution in [0.1, 0.15) is 38.5 Å². The van der Waals surface area contributed by atoms with E-state index in [0.29, 0.717) is 0 Å². The van der Waals surface area contributed by atoms with E-state index in [-0.39, 0.29) is 30.9 Å². The van der Waals surface area contributed by atoms with Crippen LogP contribution in [0.4, 0.5) is 4.79 Å². The molecule has 112 valence electrons. The number of amides is 3. The maximum Gasteiger partial charge on any atom is 0.336 e. The minimum atomic E-state index is -0.592. The van der Waals surface area contributed by atoms with E-state index in [1.54, 1.807) is 0 Å². The molecule has 1 heterocycles. The number of carbonyl (C=O) groups is 3. The molecule has 2 rings (SSSR count). The first-order valence-electron chi connectivity index (χ1n) is 7.05. The van der Waals surface area contributed by atoms with Crippen molar-refractivity contribution >= 4 is 17.9 Å². The number of ether oxygens (including phenoxy) is 1. The van der Waals surface area contributed by atoms with Crippen molar-refractivity contribution in [3.05, 3.63) is 0 Å². The predicted octanol–water partition coefficient (Wildman–Crippen LogP) is 0.555. The number of hydrogen-bond donors (Lipinski definition) is 2. The Labute approximate surface area is 118 Å². The van der Waals surface area contributed by atoms with Crippen molar-refractivity contribution in [2.24, 2.45) is 5.92 Å². The molecule has 1 unspecified atom stereocenters. The molecule has 1 aliphatic carbocycles. The Kier molecular flexibility index (Phi) is 4.81. The number of nitrogens with one attached hydrogen (secondary N) is 2. The second-order valence-corrected chi connectivity index (χ2v) is 5.35. The monoisotopic (exact) mass is 283 g/mol. The number of nitrogens with zero attached hydrogens (tertiary/aromatic N) is 1. The van der Waals surface area contributed by atoms with Gasteiger partial charge in [0.05, 0.1) is 19.6 Å². The van der Waals surface area contributed by atoms with Crippen molar-refractivity contribution in [2.45, 2.75) is 44.6 Å². The van der Waals surface area contributed by atoms with E-state index in [9.17, 15) is 14.4 Å². The summed E-state index contributed by atoms with van der Waals surface area (Å²) >= 11 is 0. The average Bonchev–Trinajstić information content (AvgIpc) is 2.46. The average molecular weight is 283 g/mol. The van der Waals surface area contributed by atoms with Gasteiger partial charge in [-0.05, 0) is 12.8 Å². The van der Waals surface area contributed by atoms with Crippen molar-refractivity contribution in [1.82, 2.24) is 15.8 Å². The van der Waals surface area contributed by atoms with Crippen LogP contribution in [0.2, 0.25) is 0 Å². The van der Waals surface area contributed by atoms with E-state index >= 15 is 0 Å². The van der Waals surface area contributed by atoms with E-state index in [1.807, 2.05) is 0 Å². The lowest BCUT2D eigenvalue weighted by atomic mass is 9.96. The first-order valence-corrected chi connectivity index (χ1v) is 7.05. The van der Waals surface area contributed by atoms with Crippen LogP contribution in [0.3, 0.4) is 0 Å². The van der Waals surface area contributed by atoms with E-state index in [2.05, 4.69) is 15.5 Å². The molecule has 2 aliphatic rings. The van der Waals surface area contributed by atoms with Gasteiger partial charge >= 0.3 is 12.0 Å². The van der Waals surface area contributed by atoms with E-state index in [4.69, 9.17) is 0 Å². The summed E-state index contributed by atoms with van der Waals surface area (Å²) in [7, 11) is 1.28. The lowest BCUT2D eigenvalue weighted by molar-refractivity contribution is -0.151. The molecule has 0 aromatic heterocycles. The zero-order chi connectivity index (χ0) is 14.5. The van der Waals surface area contributed by atoms with E-state index < -0.39 is 11.9 Å². The van der Waals surface area contributed by atoms with Gasteiger partial charge in [-0.3, -0.25) is 15.0 Å². The highest BCUT2D eigenvalue weighted by atomic mass is 16.5. The van der Waals surface area contributed by atoms with Crippen LogP contribution in [-0.4, -0.2) is 42.6 Å². The van der Waals surface area contributed by atoms with Gasteiger partial charge in [0.25, 0.3) is 0 Å². The maximum atomic E-state index is 12.1. The largest absolute Gasteiger partial charge is 0.469 e. The summed E-state index contributed by atoms with van der Waals surface area (Å²) in [6.45, 7) is 0.150. The van der Waals surface area contributed by atoms with Crippen LogP contribution in [-0.2, 0) is 14.3 Å². The molecule has 2 fully saturated rings. The minimum Gasteiger partial charge on any atom is -0.469 e. The first-order chi connectivity index (χ1) is 9.60. The predicted molar refractivity (Wildman–Crippen MR) is 70.4 cm³/mol. The highest BCUT2D eigenvalue weighted by Crippen LogP contribution is 2.18. The van der Waals surface area contributed by atoms with Crippen LogP contribution in [0.25, 0.3) is 0 Å². The summed E-state index contributed by atoms with van der Waals surface area (Å²) in [6, 6.07) is -0.189. The molecule has 1 atom stereocenters. The molecule has 2 N–H and O–H groups in total. The molecule has 0 radical (unpaired) electrons. The molecular formula is C13H21N3O4. The number of carbonyl (C=O) groups excluding carboxylic acids is 3. The van der Waals surface area contributed by atoms with Crippen molar-refractivity contribution in [1.29, 1.82) is 0 Å². The summed E-state index contributed by atoms with van der Waals surface area (Å²) in [5.41, 5.74) is 2.49. The van der Waals surface area contributed by atoms with Crippen molar-refractivity contribution in [2.75, 3.05) is 13.7 Å². The molecule has 7 heteroatoms. The van der Waals surface area contributed by atoms with Gasteiger partial charge in [-0.25, -0.2) is 9.80 Å². The lowest BCUT2D eigenvalue weighted by Gasteiger charge is -2.33. The fourth-order valence-electron chi connectivity index (χ4n) is 2.71. The molecule has 1 aliphatic heterocycles. The summed E-state index contributed by atoms with van der Waals surface area (Å²) in [5.74, 6) is -1.40. The second kappa shape index (κ2) is 6.58. The third kappa shape index (κ3) is 3.61. The standard InChI is InChI=1S/C13H21N3O4/c1-20-12(18)9-7-11(17)15-16(8-9)13(19)14-10-5-3-2-4-6-10/h9-10H,2-8H2,1H3,(H,14,19)(H,15,17). The SMILES string of the molecule is COC(=O)C1CC(=O)NN(C(=O)NC2CCCCC2)C1. The van der Waals surface area contributed by atoms with Crippen molar-refractivity contribution in [3.8, 4) is 0 Å². The van der Waals surface area contributed by atoms with Crippen LogP contribution in [0.5, 0.6) is 0 Å². The van der Waals surface area contributed by atoms with Crippen molar-refractivity contribution in [3.63, 3.8) is 0 Å². The normalized spacial score (nSPS) is 23.9. The molecular weight excluding hydrogens is 262 g/mol. The molecule has 20 heavy (non-hydrogen) atoms. The Hall–Kier alpha value is -1.79. The molecule has 7 nitrogen and oxygen atoms in total. The molecule has 1 saturated heterocycles. The van der Waals surface area contributed by atoms with E-state index in [0.717, 1.165) is 25.7 Å². The zero-order valence-electron chi connectivity index (χ0n) is 11.7. The van der Waals surface area contributed by atoms with Crippen LogP contribution < -0.4 is 10.7 Å². The number of methoxy groups -OCH3 is 1. The lowest BCUT2D eigenvalue weighted by Crippen LogP contribution is -2.58. The molecule has 0 aromatic carbocycles. The summed E-state index contributed by atoms with van der Waals surface area (Å²) < 4.78 is 4.64. The Morgan fingerprint density at radius 1 is 1.30 bits per heavy atom. The number of hydrogen-bond acceptors (Lipinski definition) is 4. The quantitative estimate of drug-likeness (QED) is 0.725. The van der Waals surface area contributed by atoms with Crippen LogP contribution >= 0.6 is 0 Å². The van der Waals surface area contributed by atoms with Crippen molar-refractivity contribution < 1.29 is 19.1 Å². The third-order valence-electron chi connectivity index (χ3n) is 3.81. The van der Waals surface area contributed by atoms with Gasteiger partial charge < -0.3 is 10.1 Å². The number of esters is 1. The van der Waals surface area contributed by atoms with E-state index in [1.165, 1.54) is 18.5 Å². The van der Waals surface area contributed by atoms with Gasteiger partial charge in [0.1, 0.15) is 0 Å². The molecule has 3 amide bonds. The Balaban J connectivity index is 1.90. The second-order valence-electron chi connectivity index (χ2n) is 5.35. The zero-order valence-corrected chi connectivity index (χ0v) is 11.7. The fourth-order valence-corrected chi connectivity index (χ4v) is 2.71. The fraction of sp³-hybridized carbons (Fsp3) is 0.769. The van der Waals surface area contributed by atoms with Gasteiger partial charge in [-0.2, -0.15) is 0 Å². The summed E-state index contributed by atoms with van der Waals surface area (Å²) in [6.07, 6.45) is 5.42. The van der Waals surface area contributed by atoms with Gasteiger partial charge in [-0.15, -0.1) is 0 Å². The first kappa shape index (κ1) is 14.6. The molecule has 0 spiro atoms. The van der Waals surface area contributed by atoms with Gasteiger partial charge in [0, 0.05) is 12.5 Å². The van der Waals surface area contributed by atoms with Gasteiger partial charge in [0.15, 0.2) is 0 Å². The number of urea groups is 1. The Morgan fingerprint density at radius 2 is 2.00 bits per heavy atom. The van der Waals surface area contributed by atoms with Crippen LogP contribution in [0, 0.1) is 5.92 Å². The maximum absolute atomic E-state index is 12.1. The highest BCUT2D eigenvalue weighted by Gasteiger charge is 2.34. The molecule has 0 bridgehead atoms. The topological polar surface area (TPSA) is 87.7 Å². The highest BCUT2D eigenvalue weighted by molar-refractivity contribution is 5.87.